The van der Waals surface area contributed by atoms with Crippen LogP contribution < -0.4 is 4.74 Å². The number of hydrogen-bond acceptors (Lipinski definition) is 6. The molecule has 0 saturated carbocycles. The quantitative estimate of drug-likeness (QED) is 0.347. The maximum Gasteiger partial charge on any atom is 0.315 e. The molecule has 0 bridgehead atoms. The van der Waals surface area contributed by atoms with Crippen LogP contribution in [0.25, 0.3) is 0 Å². The van der Waals surface area contributed by atoms with Crippen LogP contribution in [-0.4, -0.2) is 30.9 Å². The second-order valence-corrected chi connectivity index (χ2v) is 4.00. The van der Waals surface area contributed by atoms with E-state index in [-0.39, 0.29) is 23.2 Å². The zero-order valence-corrected chi connectivity index (χ0v) is 10.2. The van der Waals surface area contributed by atoms with Gasteiger partial charge < -0.3 is 9.47 Å². The van der Waals surface area contributed by atoms with Crippen molar-refractivity contribution in [1.29, 1.82) is 0 Å². The van der Waals surface area contributed by atoms with Crippen molar-refractivity contribution >= 4 is 23.4 Å². The summed E-state index contributed by atoms with van der Waals surface area (Å²) in [6.45, 7) is 0. The topological polar surface area (TPSA) is 78.7 Å². The number of thioether (sulfide) groups is 1. The second kappa shape index (κ2) is 6.09. The van der Waals surface area contributed by atoms with Gasteiger partial charge in [-0.05, 0) is 6.07 Å². The number of hydrogen-bond donors (Lipinski definition) is 0. The van der Waals surface area contributed by atoms with Crippen molar-refractivity contribution in [2.24, 2.45) is 0 Å². The maximum absolute atomic E-state index is 10.9. The first kappa shape index (κ1) is 13.3. The van der Waals surface area contributed by atoms with Crippen LogP contribution >= 0.6 is 11.8 Å². The first-order valence-electron chi connectivity index (χ1n) is 4.60. The molecule has 0 heterocycles. The molecule has 6 nitrogen and oxygen atoms in total. The van der Waals surface area contributed by atoms with Crippen molar-refractivity contribution < 1.29 is 19.2 Å². The first-order chi connectivity index (χ1) is 8.08. The molecule has 0 aromatic heterocycles. The summed E-state index contributed by atoms with van der Waals surface area (Å²) >= 11 is 1.23. The van der Waals surface area contributed by atoms with Crippen molar-refractivity contribution in [3.8, 4) is 5.75 Å². The monoisotopic (exact) mass is 257 g/mol. The van der Waals surface area contributed by atoms with Gasteiger partial charge in [0.15, 0.2) is 5.75 Å². The second-order valence-electron chi connectivity index (χ2n) is 2.96. The third-order valence-corrected chi connectivity index (χ3v) is 2.90. The van der Waals surface area contributed by atoms with Crippen molar-refractivity contribution in [2.75, 3.05) is 20.0 Å². The van der Waals surface area contributed by atoms with Crippen molar-refractivity contribution in [1.82, 2.24) is 0 Å². The average molecular weight is 257 g/mol. The zero-order chi connectivity index (χ0) is 12.8. The molecule has 0 N–H and O–H groups in total. The highest BCUT2D eigenvalue weighted by Gasteiger charge is 2.15. The van der Waals surface area contributed by atoms with Crippen LogP contribution in [-0.2, 0) is 9.53 Å². The molecule has 7 heteroatoms. The Morgan fingerprint density at radius 1 is 1.47 bits per heavy atom. The van der Waals surface area contributed by atoms with Crippen LogP contribution in [0.4, 0.5) is 5.69 Å². The summed E-state index contributed by atoms with van der Waals surface area (Å²) in [6.07, 6.45) is 0. The highest BCUT2D eigenvalue weighted by atomic mass is 32.2. The van der Waals surface area contributed by atoms with Gasteiger partial charge in [-0.1, -0.05) is 0 Å². The van der Waals surface area contributed by atoms with Crippen LogP contribution in [0.1, 0.15) is 0 Å². The molecule has 17 heavy (non-hydrogen) atoms. The number of carbonyl (C=O) groups is 1. The molecule has 0 aliphatic carbocycles. The average Bonchev–Trinajstić information content (AvgIpc) is 2.35. The number of esters is 1. The number of nitrogens with zero attached hydrogens (tertiary/aromatic N) is 1. The summed E-state index contributed by atoms with van der Waals surface area (Å²) in [6, 6.07) is 4.43. The fraction of sp³-hybridized carbons (Fsp3) is 0.300. The summed E-state index contributed by atoms with van der Waals surface area (Å²) < 4.78 is 9.40. The normalized spacial score (nSPS) is 9.76. The van der Waals surface area contributed by atoms with Crippen LogP contribution in [0.15, 0.2) is 23.1 Å². The molecule has 0 unspecified atom stereocenters. The van der Waals surface area contributed by atoms with Crippen LogP contribution in [0.2, 0.25) is 0 Å². The molecule has 0 amide bonds. The summed E-state index contributed by atoms with van der Waals surface area (Å²) in [5.41, 5.74) is -0.102. The van der Waals surface area contributed by atoms with Gasteiger partial charge in [0.05, 0.1) is 24.9 Å². The molecular formula is C10H11NO5S. The Kier molecular flexibility index (Phi) is 4.77. The Morgan fingerprint density at radius 3 is 2.71 bits per heavy atom. The molecule has 0 aliphatic heterocycles. The Bertz CT molecular complexity index is 435. The fourth-order valence-corrected chi connectivity index (χ4v) is 1.86. The largest absolute Gasteiger partial charge is 0.490 e. The van der Waals surface area contributed by atoms with E-state index in [1.54, 1.807) is 6.07 Å². The van der Waals surface area contributed by atoms with Gasteiger partial charge in [-0.25, -0.2) is 0 Å². The van der Waals surface area contributed by atoms with Gasteiger partial charge in [0.2, 0.25) is 0 Å². The smallest absolute Gasteiger partial charge is 0.315 e. The van der Waals surface area contributed by atoms with Gasteiger partial charge >= 0.3 is 11.7 Å². The standard InChI is InChI=1S/C10H11NO5S/c1-15-9-5-7(17-6-10(12)16-2)3-4-8(9)11(13)14/h3-5H,6H2,1-2H3. The fourth-order valence-electron chi connectivity index (χ4n) is 1.10. The summed E-state index contributed by atoms with van der Waals surface area (Å²) in [5, 5.41) is 10.6. The lowest BCUT2D eigenvalue weighted by Crippen LogP contribution is -2.02. The third kappa shape index (κ3) is 3.63. The van der Waals surface area contributed by atoms with E-state index >= 15 is 0 Å². The van der Waals surface area contributed by atoms with E-state index in [1.807, 2.05) is 0 Å². The highest BCUT2D eigenvalue weighted by Crippen LogP contribution is 2.31. The van der Waals surface area contributed by atoms with E-state index in [2.05, 4.69) is 4.74 Å². The van der Waals surface area contributed by atoms with Crippen molar-refractivity contribution in [3.63, 3.8) is 0 Å². The van der Waals surface area contributed by atoms with E-state index in [0.717, 1.165) is 0 Å². The minimum absolute atomic E-state index is 0.102. The summed E-state index contributed by atoms with van der Waals surface area (Å²) in [4.78, 5) is 21.8. The van der Waals surface area contributed by atoms with Crippen LogP contribution in [0.3, 0.4) is 0 Å². The molecule has 92 valence electrons. The first-order valence-corrected chi connectivity index (χ1v) is 5.59. The van der Waals surface area contributed by atoms with Crippen molar-refractivity contribution in [2.45, 2.75) is 4.90 Å². The molecular weight excluding hydrogens is 246 g/mol. The number of nitro groups is 1. The minimum atomic E-state index is -0.520. The van der Waals surface area contributed by atoms with Gasteiger partial charge in [-0.3, -0.25) is 14.9 Å². The van der Waals surface area contributed by atoms with Gasteiger partial charge in [-0.2, -0.15) is 0 Å². The molecule has 0 saturated heterocycles. The SMILES string of the molecule is COC(=O)CSc1ccc([N+](=O)[O-])c(OC)c1. The molecule has 1 rings (SSSR count). The third-order valence-electron chi connectivity index (χ3n) is 1.93. The number of nitro benzene ring substituents is 1. The van der Waals surface area contributed by atoms with E-state index in [0.29, 0.717) is 4.90 Å². The zero-order valence-electron chi connectivity index (χ0n) is 9.34. The minimum Gasteiger partial charge on any atom is -0.490 e. The highest BCUT2D eigenvalue weighted by molar-refractivity contribution is 8.00. The lowest BCUT2D eigenvalue weighted by atomic mass is 10.3. The van der Waals surface area contributed by atoms with Gasteiger partial charge in [0, 0.05) is 17.0 Å². The van der Waals surface area contributed by atoms with E-state index in [1.165, 1.54) is 38.1 Å². The molecule has 1 aromatic rings. The molecule has 0 fully saturated rings. The summed E-state index contributed by atoms with van der Waals surface area (Å²) in [5.74, 6) is -0.0329. The number of benzene rings is 1. The number of methoxy groups -OCH3 is 2. The number of carbonyl (C=O) groups excluding carboxylic acids is 1. The Labute approximate surface area is 102 Å². The lowest BCUT2D eigenvalue weighted by Gasteiger charge is -2.04. The molecule has 1 aromatic carbocycles. The van der Waals surface area contributed by atoms with E-state index < -0.39 is 4.92 Å². The maximum atomic E-state index is 10.9. The van der Waals surface area contributed by atoms with Gasteiger partial charge in [0.1, 0.15) is 0 Å². The van der Waals surface area contributed by atoms with E-state index in [4.69, 9.17) is 4.74 Å². The molecule has 0 aliphatic rings. The van der Waals surface area contributed by atoms with Crippen molar-refractivity contribution in [3.05, 3.63) is 28.3 Å². The number of rotatable bonds is 5. The van der Waals surface area contributed by atoms with Gasteiger partial charge in [-0.15, -0.1) is 11.8 Å². The Balaban J connectivity index is 2.82. The molecule has 0 radical (unpaired) electrons. The van der Waals surface area contributed by atoms with E-state index in [9.17, 15) is 14.9 Å². The van der Waals surface area contributed by atoms with Gasteiger partial charge in [0.25, 0.3) is 0 Å². The number of ether oxygens (including phenoxy) is 2. The predicted molar refractivity (Wildman–Crippen MR) is 62.4 cm³/mol. The lowest BCUT2D eigenvalue weighted by molar-refractivity contribution is -0.385. The van der Waals surface area contributed by atoms with Crippen LogP contribution in [0, 0.1) is 10.1 Å². The predicted octanol–water partition coefficient (Wildman–Crippen LogP) is 1.87. The van der Waals surface area contributed by atoms with Crippen LogP contribution in [0.5, 0.6) is 5.75 Å². The molecule has 0 atom stereocenters. The summed E-state index contributed by atoms with van der Waals surface area (Å²) in [7, 11) is 2.66. The molecule has 0 spiro atoms. The Hall–Kier alpha value is -1.76. The Morgan fingerprint density at radius 2 is 2.18 bits per heavy atom.